The van der Waals surface area contributed by atoms with Gasteiger partial charge in [-0.1, -0.05) is 48.5 Å². The first-order valence-electron chi connectivity index (χ1n) is 13.0. The van der Waals surface area contributed by atoms with Crippen molar-refractivity contribution in [2.45, 2.75) is 105 Å². The Labute approximate surface area is 213 Å². The Hall–Kier alpha value is -1.87. The summed E-state index contributed by atoms with van der Waals surface area (Å²) in [5, 5.41) is 23.5. The predicted molar refractivity (Wildman–Crippen MR) is 133 cm³/mol. The minimum Gasteiger partial charge on any atom is -0.465 e. The smallest absolute Gasteiger partial charge is 0.191 e. The molecule has 0 radical (unpaired) electrons. The second-order valence-electron chi connectivity index (χ2n) is 11.1. The molecular weight excluding hydrogens is 464 g/mol. The van der Waals surface area contributed by atoms with Gasteiger partial charge in [-0.15, -0.1) is 0 Å². The Balaban J connectivity index is 2.15. The SMILES string of the molecule is CCC(=O)C(C)[C@H]1O[C@]2(O[C@](O)([C@@H](C)c3oc(C)c(C)c(=O)c3C)[C@@H](C)[C@@H](O)[C@H]2C)[C@H](C)C(=O)[C@@H]1C. The zero-order valence-corrected chi connectivity index (χ0v) is 23.2. The van der Waals surface area contributed by atoms with Gasteiger partial charge in [0, 0.05) is 41.2 Å². The van der Waals surface area contributed by atoms with Gasteiger partial charge in [0.05, 0.1) is 24.0 Å². The van der Waals surface area contributed by atoms with Crippen molar-refractivity contribution in [1.82, 2.24) is 0 Å². The molecule has 1 aromatic rings. The highest BCUT2D eigenvalue weighted by Gasteiger charge is 2.66. The Kier molecular flexibility index (Phi) is 7.80. The third-order valence-corrected chi connectivity index (χ3v) is 9.13. The molecule has 3 rings (SSSR count). The average Bonchev–Trinajstić information content (AvgIpc) is 2.86. The Morgan fingerprint density at radius 2 is 1.61 bits per heavy atom. The van der Waals surface area contributed by atoms with Crippen molar-refractivity contribution in [2.75, 3.05) is 0 Å². The molecule has 8 heteroatoms. The van der Waals surface area contributed by atoms with Gasteiger partial charge >= 0.3 is 0 Å². The lowest BCUT2D eigenvalue weighted by Crippen LogP contribution is -2.72. The van der Waals surface area contributed by atoms with E-state index in [-0.39, 0.29) is 22.8 Å². The molecule has 8 nitrogen and oxygen atoms in total. The molecule has 10 atom stereocenters. The molecule has 202 valence electrons. The van der Waals surface area contributed by atoms with E-state index in [4.69, 9.17) is 13.9 Å². The second-order valence-corrected chi connectivity index (χ2v) is 11.1. The quantitative estimate of drug-likeness (QED) is 0.621. The van der Waals surface area contributed by atoms with Crippen molar-refractivity contribution in [3.63, 3.8) is 0 Å². The lowest BCUT2D eigenvalue weighted by atomic mass is 9.67. The fourth-order valence-electron chi connectivity index (χ4n) is 6.14. The van der Waals surface area contributed by atoms with E-state index in [2.05, 4.69) is 0 Å². The van der Waals surface area contributed by atoms with Crippen LogP contribution in [0.1, 0.15) is 83.5 Å². The summed E-state index contributed by atoms with van der Waals surface area (Å²) in [4.78, 5) is 38.9. The summed E-state index contributed by atoms with van der Waals surface area (Å²) in [7, 11) is 0. The molecule has 1 spiro atoms. The van der Waals surface area contributed by atoms with Gasteiger partial charge in [-0.25, -0.2) is 0 Å². The number of Topliss-reactive ketones (excluding diaryl/α,β-unsaturated/α-hetero) is 2. The predicted octanol–water partition coefficient (Wildman–Crippen LogP) is 3.57. The van der Waals surface area contributed by atoms with Gasteiger partial charge in [-0.2, -0.15) is 0 Å². The molecule has 0 bridgehead atoms. The van der Waals surface area contributed by atoms with Gasteiger partial charge in [0.15, 0.2) is 17.0 Å². The maximum atomic E-state index is 13.5. The number of carbonyl (C=O) groups excluding carboxylic acids is 2. The third-order valence-electron chi connectivity index (χ3n) is 9.13. The Morgan fingerprint density at radius 1 is 1.03 bits per heavy atom. The molecule has 2 N–H and O–H groups in total. The van der Waals surface area contributed by atoms with E-state index >= 15 is 0 Å². The highest BCUT2D eigenvalue weighted by atomic mass is 16.8. The van der Waals surface area contributed by atoms with Crippen LogP contribution in [0.4, 0.5) is 0 Å². The first-order chi connectivity index (χ1) is 16.6. The van der Waals surface area contributed by atoms with Crippen molar-refractivity contribution < 1.29 is 33.7 Å². The summed E-state index contributed by atoms with van der Waals surface area (Å²) in [6, 6.07) is 0. The van der Waals surface area contributed by atoms with Crippen molar-refractivity contribution in [3.05, 3.63) is 32.9 Å². The van der Waals surface area contributed by atoms with Gasteiger partial charge in [-0.3, -0.25) is 14.4 Å². The van der Waals surface area contributed by atoms with Crippen molar-refractivity contribution >= 4 is 11.6 Å². The molecule has 0 aromatic carbocycles. The minimum absolute atomic E-state index is 0.0436. The lowest BCUT2D eigenvalue weighted by Gasteiger charge is -2.60. The number of carbonyl (C=O) groups is 2. The summed E-state index contributed by atoms with van der Waals surface area (Å²) < 4.78 is 19.0. The van der Waals surface area contributed by atoms with E-state index in [1.807, 2.05) is 0 Å². The number of aliphatic hydroxyl groups excluding tert-OH is 1. The van der Waals surface area contributed by atoms with Crippen LogP contribution in [0.3, 0.4) is 0 Å². The van der Waals surface area contributed by atoms with Crippen LogP contribution in [-0.2, 0) is 19.1 Å². The number of ether oxygens (including phenoxy) is 2. The zero-order valence-electron chi connectivity index (χ0n) is 23.2. The van der Waals surface area contributed by atoms with Crippen LogP contribution in [0.5, 0.6) is 0 Å². The number of rotatable bonds is 5. The molecule has 0 amide bonds. The van der Waals surface area contributed by atoms with Crippen LogP contribution in [0.15, 0.2) is 9.21 Å². The van der Waals surface area contributed by atoms with Crippen molar-refractivity contribution in [1.29, 1.82) is 0 Å². The normalized spacial score (nSPS) is 38.7. The summed E-state index contributed by atoms with van der Waals surface area (Å²) in [5.41, 5.74) is 0.647. The molecule has 0 saturated carbocycles. The first kappa shape index (κ1) is 28.7. The van der Waals surface area contributed by atoms with E-state index in [1.165, 1.54) is 0 Å². The van der Waals surface area contributed by atoms with Gasteiger partial charge in [0.1, 0.15) is 23.1 Å². The highest BCUT2D eigenvalue weighted by molar-refractivity contribution is 5.87. The molecular formula is C28H42O8. The first-order valence-corrected chi connectivity index (χ1v) is 13.0. The Morgan fingerprint density at radius 3 is 2.17 bits per heavy atom. The number of aryl methyl sites for hydroxylation is 1. The number of aliphatic hydroxyl groups is 2. The molecule has 2 saturated heterocycles. The highest BCUT2D eigenvalue weighted by Crippen LogP contribution is 2.54. The van der Waals surface area contributed by atoms with E-state index in [9.17, 15) is 24.6 Å². The summed E-state index contributed by atoms with van der Waals surface area (Å²) in [6.45, 7) is 17.0. The lowest BCUT2D eigenvalue weighted by molar-refractivity contribution is -0.449. The van der Waals surface area contributed by atoms with Crippen LogP contribution in [0.2, 0.25) is 0 Å². The third kappa shape index (κ3) is 4.10. The molecule has 2 fully saturated rings. The van der Waals surface area contributed by atoms with Crippen molar-refractivity contribution in [3.8, 4) is 0 Å². The number of hydrogen-bond donors (Lipinski definition) is 2. The van der Waals surface area contributed by atoms with Crippen LogP contribution in [0.25, 0.3) is 0 Å². The van der Waals surface area contributed by atoms with Crippen LogP contribution in [0, 0.1) is 50.4 Å². The average molecular weight is 507 g/mol. The van der Waals surface area contributed by atoms with Crippen LogP contribution in [-0.4, -0.2) is 45.6 Å². The summed E-state index contributed by atoms with van der Waals surface area (Å²) in [6.07, 6.45) is -1.58. The monoisotopic (exact) mass is 506 g/mol. The van der Waals surface area contributed by atoms with Gasteiger partial charge in [-0.05, 0) is 20.8 Å². The second kappa shape index (κ2) is 9.78. The van der Waals surface area contributed by atoms with Crippen molar-refractivity contribution in [2.24, 2.45) is 29.6 Å². The fraction of sp³-hybridized carbons (Fsp3) is 0.750. The van der Waals surface area contributed by atoms with Gasteiger partial charge in [0.2, 0.25) is 0 Å². The van der Waals surface area contributed by atoms with E-state index in [0.717, 1.165) is 0 Å². The van der Waals surface area contributed by atoms with Crippen LogP contribution >= 0.6 is 0 Å². The number of ketones is 2. The maximum Gasteiger partial charge on any atom is 0.191 e. The maximum absolute atomic E-state index is 13.5. The Bertz CT molecular complexity index is 1090. The minimum atomic E-state index is -2.04. The number of hydrogen-bond acceptors (Lipinski definition) is 8. The zero-order chi connectivity index (χ0) is 27.5. The standard InChI is InChI=1S/C28H42O8/c1-11-21(29)13(3)25-15(5)23(31)17(7)28(35-25)18(8)24(32)16(6)27(33,36-28)19(9)26-14(4)22(30)12(2)20(10)34-26/h13,15-19,24-25,32-33H,11H2,1-10H3/t13?,15-,16-,17+,18+,19-,24+,25+,27-,28-/m0/s1. The van der Waals surface area contributed by atoms with Gasteiger partial charge < -0.3 is 24.1 Å². The van der Waals surface area contributed by atoms with E-state index < -0.39 is 59.3 Å². The molecule has 0 aliphatic carbocycles. The molecule has 36 heavy (non-hydrogen) atoms. The summed E-state index contributed by atoms with van der Waals surface area (Å²) in [5.74, 6) is -7.56. The van der Waals surface area contributed by atoms with E-state index in [0.29, 0.717) is 23.3 Å². The van der Waals surface area contributed by atoms with Crippen LogP contribution < -0.4 is 5.43 Å². The fourth-order valence-corrected chi connectivity index (χ4v) is 6.14. The molecule has 3 heterocycles. The summed E-state index contributed by atoms with van der Waals surface area (Å²) >= 11 is 0. The van der Waals surface area contributed by atoms with Gasteiger partial charge in [0.25, 0.3) is 0 Å². The van der Waals surface area contributed by atoms with E-state index in [1.54, 1.807) is 69.2 Å². The molecule has 2 aliphatic rings. The molecule has 2 aliphatic heterocycles. The molecule has 1 aromatic heterocycles. The topological polar surface area (TPSA) is 123 Å². The molecule has 1 unspecified atom stereocenters. The largest absolute Gasteiger partial charge is 0.465 e.